The fourth-order valence-electron chi connectivity index (χ4n) is 1.56. The second kappa shape index (κ2) is 5.69. The molecule has 18 heavy (non-hydrogen) atoms. The minimum Gasteiger partial charge on any atom is -0.394 e. The van der Waals surface area contributed by atoms with Crippen LogP contribution in [0.2, 0.25) is 0 Å². The van der Waals surface area contributed by atoms with Gasteiger partial charge in [-0.1, -0.05) is 23.9 Å². The Bertz CT molecular complexity index is 432. The highest BCUT2D eigenvalue weighted by Gasteiger charge is 2.36. The van der Waals surface area contributed by atoms with Gasteiger partial charge in [-0.25, -0.2) is 4.39 Å². The van der Waals surface area contributed by atoms with Gasteiger partial charge >= 0.3 is 0 Å². The van der Waals surface area contributed by atoms with Crippen LogP contribution >= 0.6 is 11.8 Å². The normalized spacial score (nSPS) is 20.1. The number of nitrogens with zero attached hydrogens (tertiary/aromatic N) is 1. The molecule has 1 aromatic rings. The van der Waals surface area contributed by atoms with Crippen LogP contribution in [0.1, 0.15) is 5.56 Å². The summed E-state index contributed by atoms with van der Waals surface area (Å²) in [7, 11) is 0. The van der Waals surface area contributed by atoms with Crippen molar-refractivity contribution in [2.45, 2.75) is 12.1 Å². The SMILES string of the molecule is OCC1(CO)CSC(=NCc2ccc(F)cc2)N1. The van der Waals surface area contributed by atoms with Crippen molar-refractivity contribution in [1.82, 2.24) is 5.32 Å². The van der Waals surface area contributed by atoms with E-state index in [0.29, 0.717) is 17.5 Å². The van der Waals surface area contributed by atoms with Crippen molar-refractivity contribution in [1.29, 1.82) is 0 Å². The average Bonchev–Trinajstić information content (AvgIpc) is 2.82. The summed E-state index contributed by atoms with van der Waals surface area (Å²) < 4.78 is 12.7. The lowest BCUT2D eigenvalue weighted by Crippen LogP contribution is -2.50. The quantitative estimate of drug-likeness (QED) is 0.755. The zero-order chi connectivity index (χ0) is 13.0. The molecule has 1 aromatic carbocycles. The fraction of sp³-hybridized carbons (Fsp3) is 0.417. The Kier molecular flexibility index (Phi) is 4.21. The van der Waals surface area contributed by atoms with E-state index in [0.717, 1.165) is 5.56 Å². The Labute approximate surface area is 109 Å². The maximum atomic E-state index is 12.7. The first-order chi connectivity index (χ1) is 8.67. The molecular weight excluding hydrogens is 255 g/mol. The first-order valence-electron chi connectivity index (χ1n) is 5.59. The molecule has 0 saturated carbocycles. The molecule has 2 rings (SSSR count). The van der Waals surface area contributed by atoms with Gasteiger partial charge in [-0.15, -0.1) is 0 Å². The van der Waals surface area contributed by atoms with Crippen molar-refractivity contribution in [2.24, 2.45) is 4.99 Å². The third-order valence-electron chi connectivity index (χ3n) is 2.78. The van der Waals surface area contributed by atoms with Gasteiger partial charge in [0, 0.05) is 5.75 Å². The van der Waals surface area contributed by atoms with Gasteiger partial charge in [0.25, 0.3) is 0 Å². The van der Waals surface area contributed by atoms with Crippen LogP contribution in [0.15, 0.2) is 29.3 Å². The molecule has 0 radical (unpaired) electrons. The van der Waals surface area contributed by atoms with Gasteiger partial charge in [-0.2, -0.15) is 0 Å². The van der Waals surface area contributed by atoms with Crippen LogP contribution in [-0.4, -0.2) is 39.9 Å². The van der Waals surface area contributed by atoms with Crippen molar-refractivity contribution in [3.05, 3.63) is 35.6 Å². The first kappa shape index (κ1) is 13.3. The van der Waals surface area contributed by atoms with Gasteiger partial charge in [0.15, 0.2) is 5.17 Å². The molecule has 6 heteroatoms. The molecule has 1 fully saturated rings. The largest absolute Gasteiger partial charge is 0.394 e. The number of nitrogens with one attached hydrogen (secondary N) is 1. The van der Waals surface area contributed by atoms with Crippen molar-refractivity contribution < 1.29 is 14.6 Å². The summed E-state index contributed by atoms with van der Waals surface area (Å²) in [6, 6.07) is 6.17. The van der Waals surface area contributed by atoms with Crippen LogP contribution in [0.25, 0.3) is 0 Å². The molecule has 98 valence electrons. The summed E-state index contributed by atoms with van der Waals surface area (Å²) in [5, 5.41) is 22.2. The minimum atomic E-state index is -0.674. The number of hydrogen-bond donors (Lipinski definition) is 3. The van der Waals surface area contributed by atoms with E-state index in [9.17, 15) is 14.6 Å². The lowest BCUT2D eigenvalue weighted by Gasteiger charge is -2.22. The van der Waals surface area contributed by atoms with Gasteiger partial charge in [0.1, 0.15) is 5.82 Å². The van der Waals surface area contributed by atoms with E-state index in [2.05, 4.69) is 10.3 Å². The molecule has 0 aliphatic carbocycles. The summed E-state index contributed by atoms with van der Waals surface area (Å²) >= 11 is 1.47. The van der Waals surface area contributed by atoms with Gasteiger partial charge in [0.2, 0.25) is 0 Å². The van der Waals surface area contributed by atoms with Crippen LogP contribution in [0, 0.1) is 5.82 Å². The van der Waals surface area contributed by atoms with E-state index in [4.69, 9.17) is 0 Å². The number of aliphatic imine (C=N–C) groups is 1. The summed E-state index contributed by atoms with van der Waals surface area (Å²) in [6.07, 6.45) is 0. The zero-order valence-corrected chi connectivity index (χ0v) is 10.6. The van der Waals surface area contributed by atoms with E-state index in [1.54, 1.807) is 12.1 Å². The molecule has 1 heterocycles. The lowest BCUT2D eigenvalue weighted by atomic mass is 10.1. The van der Waals surface area contributed by atoms with Crippen LogP contribution in [0.4, 0.5) is 4.39 Å². The Morgan fingerprint density at radius 1 is 1.28 bits per heavy atom. The molecular formula is C12H15FN2O2S. The van der Waals surface area contributed by atoms with Crippen LogP contribution in [0.5, 0.6) is 0 Å². The van der Waals surface area contributed by atoms with E-state index in [1.165, 1.54) is 23.9 Å². The highest BCUT2D eigenvalue weighted by Crippen LogP contribution is 2.23. The molecule has 1 saturated heterocycles. The smallest absolute Gasteiger partial charge is 0.157 e. The monoisotopic (exact) mass is 270 g/mol. The van der Waals surface area contributed by atoms with Gasteiger partial charge < -0.3 is 15.5 Å². The second-order valence-electron chi connectivity index (χ2n) is 4.26. The van der Waals surface area contributed by atoms with Crippen molar-refractivity contribution in [3.63, 3.8) is 0 Å². The van der Waals surface area contributed by atoms with Crippen molar-refractivity contribution >= 4 is 16.9 Å². The van der Waals surface area contributed by atoms with Crippen LogP contribution in [-0.2, 0) is 6.54 Å². The Balaban J connectivity index is 1.97. The van der Waals surface area contributed by atoms with Crippen molar-refractivity contribution in [3.8, 4) is 0 Å². The third kappa shape index (κ3) is 3.01. The highest BCUT2D eigenvalue weighted by atomic mass is 32.2. The number of thioether (sulfide) groups is 1. The number of hydrogen-bond acceptors (Lipinski definition) is 4. The molecule has 0 unspecified atom stereocenters. The number of amidine groups is 1. The minimum absolute atomic E-state index is 0.133. The predicted octanol–water partition coefficient (Wildman–Crippen LogP) is 0.741. The summed E-state index contributed by atoms with van der Waals surface area (Å²) in [5.41, 5.74) is 0.239. The molecule has 0 amide bonds. The number of aliphatic hydroxyl groups is 2. The molecule has 0 aromatic heterocycles. The second-order valence-corrected chi connectivity index (χ2v) is 5.22. The third-order valence-corrected chi connectivity index (χ3v) is 3.98. The number of rotatable bonds is 4. The summed E-state index contributed by atoms with van der Waals surface area (Å²) in [4.78, 5) is 4.34. The van der Waals surface area contributed by atoms with Crippen LogP contribution in [0.3, 0.4) is 0 Å². The molecule has 4 nitrogen and oxygen atoms in total. The highest BCUT2D eigenvalue weighted by molar-refractivity contribution is 8.14. The molecule has 0 spiro atoms. The van der Waals surface area contributed by atoms with Gasteiger partial charge in [-0.05, 0) is 17.7 Å². The lowest BCUT2D eigenvalue weighted by molar-refractivity contribution is 0.125. The maximum absolute atomic E-state index is 12.7. The Morgan fingerprint density at radius 3 is 2.50 bits per heavy atom. The molecule has 0 bridgehead atoms. The van der Waals surface area contributed by atoms with Gasteiger partial charge in [0.05, 0.1) is 25.3 Å². The predicted molar refractivity (Wildman–Crippen MR) is 70.0 cm³/mol. The Hall–Kier alpha value is -1.11. The van der Waals surface area contributed by atoms with E-state index >= 15 is 0 Å². The van der Waals surface area contributed by atoms with E-state index < -0.39 is 5.54 Å². The number of aliphatic hydroxyl groups excluding tert-OH is 2. The maximum Gasteiger partial charge on any atom is 0.157 e. The Morgan fingerprint density at radius 2 is 1.94 bits per heavy atom. The van der Waals surface area contributed by atoms with Gasteiger partial charge in [-0.3, -0.25) is 4.99 Å². The topological polar surface area (TPSA) is 64.8 Å². The fourth-order valence-corrected chi connectivity index (χ4v) is 2.68. The first-order valence-corrected chi connectivity index (χ1v) is 6.58. The van der Waals surface area contributed by atoms with Crippen molar-refractivity contribution in [2.75, 3.05) is 19.0 Å². The average molecular weight is 270 g/mol. The van der Waals surface area contributed by atoms with E-state index in [-0.39, 0.29) is 19.0 Å². The summed E-state index contributed by atoms with van der Waals surface area (Å²) in [6.45, 7) is 0.181. The zero-order valence-electron chi connectivity index (χ0n) is 9.77. The molecule has 1 aliphatic rings. The van der Waals surface area contributed by atoms with Crippen LogP contribution < -0.4 is 5.32 Å². The molecule has 3 N–H and O–H groups in total. The number of halogens is 1. The molecule has 0 atom stereocenters. The standard InChI is InChI=1S/C12H15FN2O2S/c13-10-3-1-9(2-4-10)5-14-11-15-12(6-16,7-17)8-18-11/h1-4,16-17H,5-8H2,(H,14,15). The number of benzene rings is 1. The summed E-state index contributed by atoms with van der Waals surface area (Å²) in [5.74, 6) is 0.321. The molecule has 1 aliphatic heterocycles. The van der Waals surface area contributed by atoms with E-state index in [1.807, 2.05) is 0 Å².